The van der Waals surface area contributed by atoms with Crippen molar-refractivity contribution in [3.8, 4) is 11.5 Å². The standard InChI is InChI=1S/C23H19ClN2O4/c1-16-3-2-4-21(13-16)29-15-22(27)26-25-14-17-5-11-20(12-6-17)30-23(28)18-7-9-19(24)10-8-18/h2-14H,15H2,1H3,(H,26,27)/b25-14+. The first-order valence-electron chi connectivity index (χ1n) is 9.09. The molecule has 3 rings (SSSR count). The highest BCUT2D eigenvalue weighted by atomic mass is 35.5. The Balaban J connectivity index is 1.46. The van der Waals surface area contributed by atoms with Crippen LogP contribution in [-0.2, 0) is 4.79 Å². The normalized spacial score (nSPS) is 10.6. The predicted molar refractivity (Wildman–Crippen MR) is 115 cm³/mol. The first-order chi connectivity index (χ1) is 14.5. The maximum atomic E-state index is 12.1. The summed E-state index contributed by atoms with van der Waals surface area (Å²) in [6, 6.07) is 20.6. The summed E-state index contributed by atoms with van der Waals surface area (Å²) < 4.78 is 10.7. The number of nitrogens with one attached hydrogen (secondary N) is 1. The molecule has 152 valence electrons. The van der Waals surface area contributed by atoms with Crippen LogP contribution in [0.1, 0.15) is 21.5 Å². The van der Waals surface area contributed by atoms with Crippen molar-refractivity contribution in [2.24, 2.45) is 5.10 Å². The fourth-order valence-electron chi connectivity index (χ4n) is 2.44. The zero-order valence-corrected chi connectivity index (χ0v) is 16.9. The van der Waals surface area contributed by atoms with Gasteiger partial charge in [0.25, 0.3) is 5.91 Å². The van der Waals surface area contributed by atoms with Crippen molar-refractivity contribution in [2.75, 3.05) is 6.61 Å². The number of benzene rings is 3. The van der Waals surface area contributed by atoms with Gasteiger partial charge in [0, 0.05) is 5.02 Å². The highest BCUT2D eigenvalue weighted by Gasteiger charge is 2.08. The number of hydrazone groups is 1. The van der Waals surface area contributed by atoms with Crippen LogP contribution >= 0.6 is 11.6 Å². The summed E-state index contributed by atoms with van der Waals surface area (Å²) in [5.74, 6) is 0.163. The van der Waals surface area contributed by atoms with Gasteiger partial charge in [0.05, 0.1) is 11.8 Å². The summed E-state index contributed by atoms with van der Waals surface area (Å²) in [6.45, 7) is 1.81. The summed E-state index contributed by atoms with van der Waals surface area (Å²) >= 11 is 5.81. The summed E-state index contributed by atoms with van der Waals surface area (Å²) in [7, 11) is 0. The van der Waals surface area contributed by atoms with Crippen molar-refractivity contribution in [1.82, 2.24) is 5.43 Å². The number of hydrogen-bond acceptors (Lipinski definition) is 5. The molecule has 30 heavy (non-hydrogen) atoms. The van der Waals surface area contributed by atoms with Crippen LogP contribution in [0.5, 0.6) is 11.5 Å². The van der Waals surface area contributed by atoms with Gasteiger partial charge in [-0.1, -0.05) is 23.7 Å². The highest BCUT2D eigenvalue weighted by Crippen LogP contribution is 2.15. The molecule has 0 radical (unpaired) electrons. The molecule has 6 nitrogen and oxygen atoms in total. The number of amides is 1. The molecule has 3 aromatic carbocycles. The Hall–Kier alpha value is -3.64. The van der Waals surface area contributed by atoms with Gasteiger partial charge in [0.15, 0.2) is 6.61 Å². The minimum Gasteiger partial charge on any atom is -0.484 e. The van der Waals surface area contributed by atoms with Crippen molar-refractivity contribution in [3.63, 3.8) is 0 Å². The second-order valence-electron chi connectivity index (χ2n) is 6.36. The van der Waals surface area contributed by atoms with Gasteiger partial charge in [-0.3, -0.25) is 4.79 Å². The van der Waals surface area contributed by atoms with Crippen LogP contribution < -0.4 is 14.9 Å². The Morgan fingerprint density at radius 2 is 1.73 bits per heavy atom. The van der Waals surface area contributed by atoms with Crippen LogP contribution in [0.4, 0.5) is 0 Å². The van der Waals surface area contributed by atoms with Crippen molar-refractivity contribution in [1.29, 1.82) is 0 Å². The molecular weight excluding hydrogens is 404 g/mol. The number of rotatable bonds is 7. The Bertz CT molecular complexity index is 1050. The zero-order chi connectivity index (χ0) is 21.3. The second-order valence-corrected chi connectivity index (χ2v) is 6.80. The number of halogens is 1. The fraction of sp³-hybridized carbons (Fsp3) is 0.0870. The second kappa shape index (κ2) is 10.2. The van der Waals surface area contributed by atoms with Gasteiger partial charge in [0.1, 0.15) is 11.5 Å². The molecule has 0 bridgehead atoms. The molecule has 0 saturated carbocycles. The molecule has 0 unspecified atom stereocenters. The quantitative estimate of drug-likeness (QED) is 0.265. The smallest absolute Gasteiger partial charge is 0.343 e. The monoisotopic (exact) mass is 422 g/mol. The lowest BCUT2D eigenvalue weighted by Crippen LogP contribution is -2.24. The van der Waals surface area contributed by atoms with Crippen molar-refractivity contribution in [3.05, 3.63) is 94.5 Å². The van der Waals surface area contributed by atoms with E-state index in [1.165, 1.54) is 6.21 Å². The number of hydrogen-bond donors (Lipinski definition) is 1. The van der Waals surface area contributed by atoms with Crippen LogP contribution in [0.2, 0.25) is 5.02 Å². The molecule has 0 aliphatic rings. The zero-order valence-electron chi connectivity index (χ0n) is 16.2. The third kappa shape index (κ3) is 6.46. The maximum Gasteiger partial charge on any atom is 0.343 e. The van der Waals surface area contributed by atoms with E-state index in [1.54, 1.807) is 54.6 Å². The van der Waals surface area contributed by atoms with E-state index >= 15 is 0 Å². The first-order valence-corrected chi connectivity index (χ1v) is 9.46. The molecule has 0 saturated heterocycles. The Morgan fingerprint density at radius 3 is 2.43 bits per heavy atom. The third-order valence-corrected chi connectivity index (χ3v) is 4.18. The van der Waals surface area contributed by atoms with Gasteiger partial charge in [0.2, 0.25) is 0 Å². The molecule has 0 aliphatic carbocycles. The van der Waals surface area contributed by atoms with Crippen LogP contribution in [0, 0.1) is 6.92 Å². The van der Waals surface area contributed by atoms with E-state index in [0.717, 1.165) is 11.1 Å². The summed E-state index contributed by atoms with van der Waals surface area (Å²) in [5, 5.41) is 4.44. The van der Waals surface area contributed by atoms with E-state index < -0.39 is 5.97 Å². The lowest BCUT2D eigenvalue weighted by molar-refractivity contribution is -0.123. The molecule has 0 aliphatic heterocycles. The highest BCUT2D eigenvalue weighted by molar-refractivity contribution is 6.30. The molecule has 0 aromatic heterocycles. The predicted octanol–water partition coefficient (Wildman–Crippen LogP) is 4.40. The maximum absolute atomic E-state index is 12.1. The molecule has 0 atom stereocenters. The number of aryl methyl sites for hydroxylation is 1. The average Bonchev–Trinajstić information content (AvgIpc) is 2.74. The van der Waals surface area contributed by atoms with E-state index in [9.17, 15) is 9.59 Å². The summed E-state index contributed by atoms with van der Waals surface area (Å²) in [5.41, 5.74) is 4.57. The number of nitrogens with zero attached hydrogens (tertiary/aromatic N) is 1. The lowest BCUT2D eigenvalue weighted by Gasteiger charge is -2.06. The van der Waals surface area contributed by atoms with E-state index in [-0.39, 0.29) is 12.5 Å². The summed E-state index contributed by atoms with van der Waals surface area (Å²) in [6.07, 6.45) is 1.48. The number of esters is 1. The molecule has 1 N–H and O–H groups in total. The Labute approximate surface area is 179 Å². The van der Waals surface area contributed by atoms with Crippen LogP contribution in [0.25, 0.3) is 0 Å². The van der Waals surface area contributed by atoms with Gasteiger partial charge in [-0.2, -0.15) is 5.10 Å². The molecule has 0 heterocycles. The Morgan fingerprint density at radius 1 is 1.00 bits per heavy atom. The van der Waals surface area contributed by atoms with Crippen LogP contribution in [0.3, 0.4) is 0 Å². The van der Waals surface area contributed by atoms with E-state index in [4.69, 9.17) is 21.1 Å². The number of carbonyl (C=O) groups excluding carboxylic acids is 2. The largest absolute Gasteiger partial charge is 0.484 e. The lowest BCUT2D eigenvalue weighted by atomic mass is 10.2. The molecule has 0 spiro atoms. The van der Waals surface area contributed by atoms with Gasteiger partial charge in [-0.25, -0.2) is 10.2 Å². The van der Waals surface area contributed by atoms with Gasteiger partial charge in [-0.15, -0.1) is 0 Å². The molecule has 3 aromatic rings. The number of carbonyl (C=O) groups is 2. The molecule has 1 amide bonds. The van der Waals surface area contributed by atoms with Gasteiger partial charge >= 0.3 is 5.97 Å². The topological polar surface area (TPSA) is 77.0 Å². The van der Waals surface area contributed by atoms with Crippen LogP contribution in [-0.4, -0.2) is 24.7 Å². The average molecular weight is 423 g/mol. The third-order valence-electron chi connectivity index (χ3n) is 3.93. The van der Waals surface area contributed by atoms with Gasteiger partial charge < -0.3 is 9.47 Å². The Kier molecular flexibility index (Phi) is 7.19. The first kappa shape index (κ1) is 21.1. The molecule has 7 heteroatoms. The minimum absolute atomic E-state index is 0.139. The molecular formula is C23H19ClN2O4. The van der Waals surface area contributed by atoms with Crippen molar-refractivity contribution < 1.29 is 19.1 Å². The van der Waals surface area contributed by atoms with E-state index in [2.05, 4.69) is 10.5 Å². The number of ether oxygens (including phenoxy) is 2. The molecule has 0 fully saturated rings. The van der Waals surface area contributed by atoms with E-state index in [1.807, 2.05) is 25.1 Å². The summed E-state index contributed by atoms with van der Waals surface area (Å²) in [4.78, 5) is 23.9. The minimum atomic E-state index is -0.478. The van der Waals surface area contributed by atoms with E-state index in [0.29, 0.717) is 22.1 Å². The fourth-order valence-corrected chi connectivity index (χ4v) is 2.56. The van der Waals surface area contributed by atoms with Crippen molar-refractivity contribution in [2.45, 2.75) is 6.92 Å². The van der Waals surface area contributed by atoms with Gasteiger partial charge in [-0.05, 0) is 78.7 Å². The van der Waals surface area contributed by atoms with Crippen molar-refractivity contribution >= 4 is 29.7 Å². The SMILES string of the molecule is Cc1cccc(OCC(=O)N/N=C/c2ccc(OC(=O)c3ccc(Cl)cc3)cc2)c1. The van der Waals surface area contributed by atoms with Crippen LogP contribution in [0.15, 0.2) is 77.9 Å².